The molecule has 2 aliphatic rings. The maximum absolute atomic E-state index is 12.1. The molecule has 1 aliphatic heterocycles. The summed E-state index contributed by atoms with van der Waals surface area (Å²) in [7, 11) is 0. The minimum absolute atomic E-state index is 0.0790. The molecule has 108 valence electrons. The van der Waals surface area contributed by atoms with Crippen LogP contribution in [0.1, 0.15) is 39.5 Å². The average Bonchev–Trinajstić information content (AvgIpc) is 2.36. The fourth-order valence-corrected chi connectivity index (χ4v) is 3.21. The maximum atomic E-state index is 12.1. The van der Waals surface area contributed by atoms with Crippen molar-refractivity contribution in [3.63, 3.8) is 0 Å². The summed E-state index contributed by atoms with van der Waals surface area (Å²) in [6, 6.07) is 0.547. The lowest BCUT2D eigenvalue weighted by atomic mass is 9.66. The lowest BCUT2D eigenvalue weighted by Crippen LogP contribution is -2.64. The van der Waals surface area contributed by atoms with Gasteiger partial charge in [0.25, 0.3) is 0 Å². The van der Waals surface area contributed by atoms with Gasteiger partial charge in [0.15, 0.2) is 0 Å². The quantitative estimate of drug-likeness (QED) is 0.712. The van der Waals surface area contributed by atoms with Crippen molar-refractivity contribution in [1.82, 2.24) is 10.2 Å². The molecule has 1 spiro atoms. The second kappa shape index (κ2) is 5.49. The molecule has 0 atom stereocenters. The molecular formula is C14H25N3O2. The van der Waals surface area contributed by atoms with Gasteiger partial charge < -0.3 is 16.0 Å². The van der Waals surface area contributed by atoms with Crippen LogP contribution in [-0.4, -0.2) is 42.4 Å². The number of amides is 2. The van der Waals surface area contributed by atoms with Crippen LogP contribution in [0.3, 0.4) is 0 Å². The predicted octanol–water partition coefficient (Wildman–Crippen LogP) is 0.489. The van der Waals surface area contributed by atoms with E-state index in [0.29, 0.717) is 18.5 Å². The number of nitrogens with one attached hydrogen (secondary N) is 1. The molecule has 3 N–H and O–H groups in total. The molecule has 1 saturated heterocycles. The van der Waals surface area contributed by atoms with Gasteiger partial charge in [-0.3, -0.25) is 9.59 Å². The molecule has 1 saturated carbocycles. The van der Waals surface area contributed by atoms with Crippen molar-refractivity contribution < 1.29 is 9.59 Å². The highest BCUT2D eigenvalue weighted by Crippen LogP contribution is 2.44. The Labute approximate surface area is 114 Å². The third kappa shape index (κ3) is 3.08. The predicted molar refractivity (Wildman–Crippen MR) is 73.3 cm³/mol. The van der Waals surface area contributed by atoms with Crippen LogP contribution in [0.25, 0.3) is 0 Å². The number of likely N-dealkylation sites (tertiary alicyclic amines) is 1. The first-order chi connectivity index (χ1) is 8.93. The molecule has 0 aromatic rings. The summed E-state index contributed by atoms with van der Waals surface area (Å²) in [4.78, 5) is 24.6. The highest BCUT2D eigenvalue weighted by molar-refractivity contribution is 5.92. The normalized spacial score (nSPS) is 30.8. The Morgan fingerprint density at radius 3 is 2.58 bits per heavy atom. The molecule has 19 heavy (non-hydrogen) atoms. The maximum Gasteiger partial charge on any atom is 0.237 e. The number of hydrogen-bond donors (Lipinski definition) is 2. The van der Waals surface area contributed by atoms with Crippen LogP contribution in [0.4, 0.5) is 0 Å². The van der Waals surface area contributed by atoms with E-state index in [-0.39, 0.29) is 17.9 Å². The van der Waals surface area contributed by atoms with E-state index in [1.54, 1.807) is 4.90 Å². The van der Waals surface area contributed by atoms with Crippen molar-refractivity contribution in [2.24, 2.45) is 17.1 Å². The number of hydrogen-bond acceptors (Lipinski definition) is 3. The summed E-state index contributed by atoms with van der Waals surface area (Å²) in [5.74, 6) is 0.372. The lowest BCUT2D eigenvalue weighted by molar-refractivity contribution is -0.165. The fraction of sp³-hybridized carbons (Fsp3) is 0.857. The van der Waals surface area contributed by atoms with Gasteiger partial charge in [-0.05, 0) is 38.1 Å². The zero-order valence-electron chi connectivity index (χ0n) is 11.9. The van der Waals surface area contributed by atoms with Crippen LogP contribution in [0.2, 0.25) is 0 Å². The molecule has 5 heteroatoms. The van der Waals surface area contributed by atoms with Crippen LogP contribution in [0.5, 0.6) is 0 Å². The summed E-state index contributed by atoms with van der Waals surface area (Å²) in [6.07, 6.45) is 4.00. The standard InChI is InChI=1S/C14H25N3O2/c1-10(2)7-16-11-3-5-14(6-4-11)9-17(13(14)19)8-12(15)18/h10-11,16H,3-9H2,1-2H3,(H2,15,18). The summed E-state index contributed by atoms with van der Waals surface area (Å²) in [6.45, 7) is 6.24. The zero-order valence-corrected chi connectivity index (χ0v) is 11.9. The molecule has 2 fully saturated rings. The van der Waals surface area contributed by atoms with Gasteiger partial charge >= 0.3 is 0 Å². The number of carbonyl (C=O) groups excluding carboxylic acids is 2. The molecular weight excluding hydrogens is 242 g/mol. The number of nitrogens with two attached hydrogens (primary N) is 1. The topological polar surface area (TPSA) is 75.4 Å². The van der Waals surface area contributed by atoms with Gasteiger partial charge in [-0.1, -0.05) is 13.8 Å². The van der Waals surface area contributed by atoms with E-state index in [2.05, 4.69) is 19.2 Å². The van der Waals surface area contributed by atoms with E-state index in [4.69, 9.17) is 5.73 Å². The van der Waals surface area contributed by atoms with Gasteiger partial charge in [-0.25, -0.2) is 0 Å². The summed E-state index contributed by atoms with van der Waals surface area (Å²) >= 11 is 0. The molecule has 0 aromatic heterocycles. The van der Waals surface area contributed by atoms with Crippen molar-refractivity contribution in [2.45, 2.75) is 45.6 Å². The van der Waals surface area contributed by atoms with Crippen molar-refractivity contribution in [3.8, 4) is 0 Å². The average molecular weight is 267 g/mol. The molecule has 1 aliphatic carbocycles. The van der Waals surface area contributed by atoms with Crippen LogP contribution < -0.4 is 11.1 Å². The first-order valence-electron chi connectivity index (χ1n) is 7.24. The number of nitrogens with zero attached hydrogens (tertiary/aromatic N) is 1. The Morgan fingerprint density at radius 2 is 2.11 bits per heavy atom. The van der Waals surface area contributed by atoms with Crippen LogP contribution in [0.15, 0.2) is 0 Å². The number of carbonyl (C=O) groups is 2. The Bertz CT molecular complexity index is 360. The largest absolute Gasteiger partial charge is 0.368 e. The van der Waals surface area contributed by atoms with Crippen molar-refractivity contribution in [2.75, 3.05) is 19.6 Å². The first-order valence-corrected chi connectivity index (χ1v) is 7.24. The summed E-state index contributed by atoms with van der Waals surface area (Å²) < 4.78 is 0. The van der Waals surface area contributed by atoms with E-state index in [9.17, 15) is 9.59 Å². The van der Waals surface area contributed by atoms with Gasteiger partial charge in [0, 0.05) is 12.6 Å². The fourth-order valence-electron chi connectivity index (χ4n) is 3.21. The van der Waals surface area contributed by atoms with Crippen LogP contribution in [0, 0.1) is 11.3 Å². The first kappa shape index (κ1) is 14.3. The van der Waals surface area contributed by atoms with Crippen LogP contribution >= 0.6 is 0 Å². The lowest BCUT2D eigenvalue weighted by Gasteiger charge is -2.51. The van der Waals surface area contributed by atoms with E-state index < -0.39 is 5.91 Å². The Kier molecular flexibility index (Phi) is 4.13. The Balaban J connectivity index is 1.78. The van der Waals surface area contributed by atoms with Crippen molar-refractivity contribution in [1.29, 1.82) is 0 Å². The second-order valence-corrected chi connectivity index (χ2v) is 6.48. The van der Waals surface area contributed by atoms with Gasteiger partial charge in [-0.15, -0.1) is 0 Å². The van der Waals surface area contributed by atoms with Gasteiger partial charge in [0.05, 0.1) is 12.0 Å². The molecule has 0 aromatic carbocycles. The van der Waals surface area contributed by atoms with Gasteiger partial charge in [0.2, 0.25) is 11.8 Å². The monoisotopic (exact) mass is 267 g/mol. The number of primary amides is 1. The van der Waals surface area contributed by atoms with Gasteiger partial charge in [0.1, 0.15) is 0 Å². The van der Waals surface area contributed by atoms with Crippen molar-refractivity contribution >= 4 is 11.8 Å². The van der Waals surface area contributed by atoms with Gasteiger partial charge in [-0.2, -0.15) is 0 Å². The summed E-state index contributed by atoms with van der Waals surface area (Å²) in [5.41, 5.74) is 4.95. The minimum atomic E-state index is -0.421. The number of rotatable bonds is 5. The highest BCUT2D eigenvalue weighted by atomic mass is 16.2. The van der Waals surface area contributed by atoms with Crippen molar-refractivity contribution in [3.05, 3.63) is 0 Å². The molecule has 5 nitrogen and oxygen atoms in total. The Morgan fingerprint density at radius 1 is 1.47 bits per heavy atom. The third-order valence-electron chi connectivity index (χ3n) is 4.34. The molecule has 0 radical (unpaired) electrons. The molecule has 2 rings (SSSR count). The van der Waals surface area contributed by atoms with E-state index in [1.807, 2.05) is 0 Å². The molecule has 0 unspecified atom stereocenters. The minimum Gasteiger partial charge on any atom is -0.368 e. The van der Waals surface area contributed by atoms with E-state index in [1.165, 1.54) is 0 Å². The molecule has 1 heterocycles. The third-order valence-corrected chi connectivity index (χ3v) is 4.34. The molecule has 0 bridgehead atoms. The number of β-lactam (4-membered cyclic amide) rings is 1. The van der Waals surface area contributed by atoms with Crippen LogP contribution in [-0.2, 0) is 9.59 Å². The summed E-state index contributed by atoms with van der Waals surface area (Å²) in [5, 5.41) is 3.57. The molecule has 2 amide bonds. The van der Waals surface area contributed by atoms with E-state index in [0.717, 1.165) is 32.2 Å². The SMILES string of the molecule is CC(C)CNC1CCC2(CC1)CN(CC(N)=O)C2=O. The smallest absolute Gasteiger partial charge is 0.237 e. The Hall–Kier alpha value is -1.10. The second-order valence-electron chi connectivity index (χ2n) is 6.48. The highest BCUT2D eigenvalue weighted by Gasteiger charge is 2.53. The zero-order chi connectivity index (χ0) is 14.0. The van der Waals surface area contributed by atoms with E-state index >= 15 is 0 Å².